The van der Waals surface area contributed by atoms with Gasteiger partial charge in [0, 0.05) is 23.2 Å². The summed E-state index contributed by atoms with van der Waals surface area (Å²) in [5, 5.41) is 0. The fraction of sp³-hybridized carbons (Fsp3) is 0.353. The van der Waals surface area contributed by atoms with E-state index in [1.807, 2.05) is 62.9 Å². The van der Waals surface area contributed by atoms with E-state index in [2.05, 4.69) is 0 Å². The zero-order valence-corrected chi connectivity index (χ0v) is 13.8. The number of nitrogens with two attached hydrogens (primary N) is 1. The molecule has 0 atom stereocenters. The van der Waals surface area contributed by atoms with Gasteiger partial charge in [-0.25, -0.2) is 0 Å². The van der Waals surface area contributed by atoms with Crippen molar-refractivity contribution >= 4 is 22.9 Å². The Labute approximate surface area is 130 Å². The first-order valence-electron chi connectivity index (χ1n) is 7.11. The Kier molecular flexibility index (Phi) is 4.68. The van der Waals surface area contributed by atoms with Gasteiger partial charge in [0.05, 0.1) is 4.88 Å². The van der Waals surface area contributed by atoms with Crippen molar-refractivity contribution < 1.29 is 4.79 Å². The molecule has 0 radical (unpaired) electrons. The highest BCUT2D eigenvalue weighted by atomic mass is 32.1. The zero-order chi connectivity index (χ0) is 15.6. The number of carbonyl (C=O) groups excluding carboxylic acids is 1. The van der Waals surface area contributed by atoms with Crippen LogP contribution in [0.3, 0.4) is 0 Å². The standard InChI is InChI=1S/C17H22N2OS/c1-11(2)19(10-14-6-5-7-15(18)9-14)17(20)16-8-12(3)13(4)21-16/h5-9,11H,10,18H2,1-4H3. The van der Waals surface area contributed by atoms with Crippen LogP contribution in [0.2, 0.25) is 0 Å². The van der Waals surface area contributed by atoms with E-state index in [1.54, 1.807) is 11.3 Å². The Morgan fingerprint density at radius 3 is 2.52 bits per heavy atom. The van der Waals surface area contributed by atoms with Gasteiger partial charge in [-0.15, -0.1) is 11.3 Å². The molecule has 21 heavy (non-hydrogen) atoms. The molecule has 2 N–H and O–H groups in total. The lowest BCUT2D eigenvalue weighted by molar-refractivity contribution is 0.0695. The number of amides is 1. The number of nitrogens with zero attached hydrogens (tertiary/aromatic N) is 1. The molecule has 2 rings (SSSR count). The second-order valence-corrected chi connectivity index (χ2v) is 6.88. The molecule has 1 amide bonds. The van der Waals surface area contributed by atoms with Crippen molar-refractivity contribution in [2.24, 2.45) is 0 Å². The number of benzene rings is 1. The number of anilines is 1. The van der Waals surface area contributed by atoms with E-state index >= 15 is 0 Å². The van der Waals surface area contributed by atoms with Gasteiger partial charge in [-0.2, -0.15) is 0 Å². The van der Waals surface area contributed by atoms with Crippen LogP contribution in [-0.2, 0) is 6.54 Å². The lowest BCUT2D eigenvalue weighted by atomic mass is 10.1. The molecule has 4 heteroatoms. The zero-order valence-electron chi connectivity index (χ0n) is 13.0. The summed E-state index contributed by atoms with van der Waals surface area (Å²) in [5.41, 5.74) is 8.78. The predicted octanol–water partition coefficient (Wildman–Crippen LogP) is 4.00. The minimum Gasteiger partial charge on any atom is -0.399 e. The first kappa shape index (κ1) is 15.6. The average molecular weight is 302 g/mol. The third kappa shape index (κ3) is 3.64. The number of rotatable bonds is 4. The van der Waals surface area contributed by atoms with Gasteiger partial charge in [0.15, 0.2) is 0 Å². The molecule has 1 heterocycles. The van der Waals surface area contributed by atoms with Gasteiger partial charge in [0.2, 0.25) is 0 Å². The van der Waals surface area contributed by atoms with Crippen LogP contribution in [0.4, 0.5) is 5.69 Å². The smallest absolute Gasteiger partial charge is 0.264 e. The fourth-order valence-corrected chi connectivity index (χ4v) is 3.19. The number of hydrogen-bond donors (Lipinski definition) is 1. The Bertz CT molecular complexity index is 626. The van der Waals surface area contributed by atoms with Crippen molar-refractivity contribution in [3.8, 4) is 0 Å². The minimum atomic E-state index is 0.0913. The second kappa shape index (κ2) is 6.31. The Balaban J connectivity index is 2.24. The molecule has 0 aliphatic carbocycles. The maximum absolute atomic E-state index is 12.7. The molecule has 0 fully saturated rings. The van der Waals surface area contributed by atoms with Gasteiger partial charge < -0.3 is 10.6 Å². The predicted molar refractivity (Wildman–Crippen MR) is 89.7 cm³/mol. The van der Waals surface area contributed by atoms with E-state index in [-0.39, 0.29) is 11.9 Å². The molecule has 1 aromatic heterocycles. The summed E-state index contributed by atoms with van der Waals surface area (Å²) < 4.78 is 0. The molecule has 1 aromatic carbocycles. The highest BCUT2D eigenvalue weighted by Crippen LogP contribution is 2.24. The van der Waals surface area contributed by atoms with Crippen molar-refractivity contribution in [2.75, 3.05) is 5.73 Å². The van der Waals surface area contributed by atoms with Crippen LogP contribution in [0.1, 0.15) is 39.5 Å². The SMILES string of the molecule is Cc1cc(C(=O)N(Cc2cccc(N)c2)C(C)C)sc1C. The van der Waals surface area contributed by atoms with E-state index < -0.39 is 0 Å². The summed E-state index contributed by atoms with van der Waals surface area (Å²) in [7, 11) is 0. The number of hydrogen-bond acceptors (Lipinski definition) is 3. The van der Waals surface area contributed by atoms with Crippen molar-refractivity contribution in [2.45, 2.75) is 40.3 Å². The maximum Gasteiger partial charge on any atom is 0.264 e. The van der Waals surface area contributed by atoms with Gasteiger partial charge in [0.1, 0.15) is 0 Å². The lowest BCUT2D eigenvalue weighted by Gasteiger charge is -2.26. The first-order valence-corrected chi connectivity index (χ1v) is 7.92. The van der Waals surface area contributed by atoms with Gasteiger partial charge in [0.25, 0.3) is 5.91 Å². The quantitative estimate of drug-likeness (QED) is 0.868. The topological polar surface area (TPSA) is 46.3 Å². The molecule has 0 aliphatic heterocycles. The fourth-order valence-electron chi connectivity index (χ4n) is 2.20. The van der Waals surface area contributed by atoms with E-state index in [9.17, 15) is 4.79 Å². The molecule has 2 aromatic rings. The second-order valence-electron chi connectivity index (χ2n) is 5.62. The van der Waals surface area contributed by atoms with Crippen molar-refractivity contribution in [1.29, 1.82) is 0 Å². The normalized spacial score (nSPS) is 10.9. The summed E-state index contributed by atoms with van der Waals surface area (Å²) >= 11 is 1.57. The lowest BCUT2D eigenvalue weighted by Crippen LogP contribution is -2.36. The first-order chi connectivity index (χ1) is 9.88. The molecule has 0 aliphatic rings. The molecular formula is C17H22N2OS. The highest BCUT2D eigenvalue weighted by Gasteiger charge is 2.21. The Morgan fingerprint density at radius 2 is 2.00 bits per heavy atom. The molecule has 3 nitrogen and oxygen atoms in total. The summed E-state index contributed by atoms with van der Waals surface area (Å²) in [5.74, 6) is 0.0913. The van der Waals surface area contributed by atoms with Crippen LogP contribution >= 0.6 is 11.3 Å². The number of aryl methyl sites for hydroxylation is 2. The van der Waals surface area contributed by atoms with E-state index in [1.165, 1.54) is 10.4 Å². The Morgan fingerprint density at radius 1 is 1.29 bits per heavy atom. The van der Waals surface area contributed by atoms with Gasteiger partial charge in [-0.05, 0) is 57.0 Å². The summed E-state index contributed by atoms with van der Waals surface area (Å²) in [4.78, 5) is 16.6. The molecule has 0 saturated carbocycles. The average Bonchev–Trinajstić information content (AvgIpc) is 2.75. The van der Waals surface area contributed by atoms with Crippen molar-refractivity contribution in [3.05, 3.63) is 51.2 Å². The van der Waals surface area contributed by atoms with Crippen LogP contribution in [0.15, 0.2) is 30.3 Å². The van der Waals surface area contributed by atoms with Crippen molar-refractivity contribution in [3.63, 3.8) is 0 Å². The largest absolute Gasteiger partial charge is 0.399 e. The van der Waals surface area contributed by atoms with E-state index in [0.29, 0.717) is 6.54 Å². The summed E-state index contributed by atoms with van der Waals surface area (Å²) in [6, 6.07) is 9.83. The third-order valence-electron chi connectivity index (χ3n) is 3.56. The maximum atomic E-state index is 12.7. The van der Waals surface area contributed by atoms with E-state index in [4.69, 9.17) is 5.73 Å². The summed E-state index contributed by atoms with van der Waals surface area (Å²) in [6.45, 7) is 8.75. The van der Waals surface area contributed by atoms with Crippen LogP contribution in [0.25, 0.3) is 0 Å². The van der Waals surface area contributed by atoms with Crippen LogP contribution in [0, 0.1) is 13.8 Å². The van der Waals surface area contributed by atoms with Gasteiger partial charge in [-0.3, -0.25) is 4.79 Å². The Hall–Kier alpha value is -1.81. The number of nitrogen functional groups attached to an aromatic ring is 1. The molecule has 0 bridgehead atoms. The molecule has 0 unspecified atom stereocenters. The number of carbonyl (C=O) groups is 1. The highest BCUT2D eigenvalue weighted by molar-refractivity contribution is 7.14. The van der Waals surface area contributed by atoms with Crippen LogP contribution < -0.4 is 5.73 Å². The molecular weight excluding hydrogens is 280 g/mol. The van der Waals surface area contributed by atoms with Crippen molar-refractivity contribution in [1.82, 2.24) is 4.90 Å². The third-order valence-corrected chi connectivity index (χ3v) is 4.71. The van der Waals surface area contributed by atoms with Crippen LogP contribution in [0.5, 0.6) is 0 Å². The minimum absolute atomic E-state index is 0.0913. The van der Waals surface area contributed by atoms with E-state index in [0.717, 1.165) is 16.1 Å². The molecule has 112 valence electrons. The summed E-state index contributed by atoms with van der Waals surface area (Å²) in [6.07, 6.45) is 0. The molecule has 0 saturated heterocycles. The van der Waals surface area contributed by atoms with Gasteiger partial charge in [-0.1, -0.05) is 12.1 Å². The number of thiophene rings is 1. The van der Waals surface area contributed by atoms with Gasteiger partial charge >= 0.3 is 0 Å². The molecule has 0 spiro atoms. The monoisotopic (exact) mass is 302 g/mol. The van der Waals surface area contributed by atoms with Crippen LogP contribution in [-0.4, -0.2) is 16.8 Å².